The van der Waals surface area contributed by atoms with Gasteiger partial charge < -0.3 is 15.3 Å². The summed E-state index contributed by atoms with van der Waals surface area (Å²) in [5.74, 6) is -0.200. The van der Waals surface area contributed by atoms with Crippen molar-refractivity contribution in [3.8, 4) is 11.4 Å². The molecule has 35 heavy (non-hydrogen) atoms. The molecule has 2 amide bonds. The number of aromatic nitrogens is 4. The standard InChI is InChI=1S/C26H32N6O3/c1-18-7-11-20(12-8-18)24(26(35)27-22-5-3-4-6-22)31(15-16-33)23(34)17-32-29-25(28-30-32)21-13-9-19(2)10-14-21/h7-14,22,24,33H,3-6,15-17H2,1-2H3,(H,27,35). The molecule has 9 nitrogen and oxygen atoms in total. The SMILES string of the molecule is Cc1ccc(-c2nnn(CC(=O)N(CCO)C(C(=O)NC3CCCC3)c3ccc(C)cc3)n2)cc1. The maximum absolute atomic E-state index is 13.4. The molecule has 1 fully saturated rings. The van der Waals surface area contributed by atoms with Crippen molar-refractivity contribution in [1.29, 1.82) is 0 Å². The summed E-state index contributed by atoms with van der Waals surface area (Å²) in [4.78, 5) is 29.5. The molecule has 0 bridgehead atoms. The van der Waals surface area contributed by atoms with Gasteiger partial charge in [-0.05, 0) is 37.5 Å². The van der Waals surface area contributed by atoms with Gasteiger partial charge in [-0.2, -0.15) is 4.80 Å². The number of carbonyl (C=O) groups is 2. The topological polar surface area (TPSA) is 113 Å². The fraction of sp³-hybridized carbons (Fsp3) is 0.423. The van der Waals surface area contributed by atoms with Crippen LogP contribution in [0, 0.1) is 13.8 Å². The number of benzene rings is 2. The number of aliphatic hydroxyl groups excluding tert-OH is 1. The largest absolute Gasteiger partial charge is 0.395 e. The summed E-state index contributed by atoms with van der Waals surface area (Å²) in [6.07, 6.45) is 4.04. The third kappa shape index (κ3) is 6.10. The van der Waals surface area contributed by atoms with Crippen LogP contribution in [0.4, 0.5) is 0 Å². The maximum Gasteiger partial charge on any atom is 0.247 e. The van der Waals surface area contributed by atoms with Crippen LogP contribution in [-0.4, -0.2) is 61.2 Å². The van der Waals surface area contributed by atoms with Crippen molar-refractivity contribution in [1.82, 2.24) is 30.4 Å². The van der Waals surface area contributed by atoms with E-state index >= 15 is 0 Å². The smallest absolute Gasteiger partial charge is 0.247 e. The molecule has 1 heterocycles. The van der Waals surface area contributed by atoms with E-state index in [1.807, 2.05) is 62.4 Å². The molecular weight excluding hydrogens is 444 g/mol. The molecule has 9 heteroatoms. The molecule has 0 spiro atoms. The second-order valence-electron chi connectivity index (χ2n) is 9.12. The van der Waals surface area contributed by atoms with Crippen molar-refractivity contribution in [3.63, 3.8) is 0 Å². The number of hydrogen-bond acceptors (Lipinski definition) is 6. The first-order valence-corrected chi connectivity index (χ1v) is 12.1. The molecule has 1 aliphatic carbocycles. The van der Waals surface area contributed by atoms with Gasteiger partial charge in [0.05, 0.1) is 6.61 Å². The molecule has 1 saturated carbocycles. The monoisotopic (exact) mass is 476 g/mol. The molecule has 1 aromatic heterocycles. The predicted molar refractivity (Wildman–Crippen MR) is 131 cm³/mol. The van der Waals surface area contributed by atoms with E-state index in [2.05, 4.69) is 20.7 Å². The summed E-state index contributed by atoms with van der Waals surface area (Å²) in [7, 11) is 0. The molecule has 1 atom stereocenters. The molecule has 1 aliphatic rings. The zero-order chi connectivity index (χ0) is 24.8. The lowest BCUT2D eigenvalue weighted by Crippen LogP contribution is -2.48. The molecular formula is C26H32N6O3. The number of amides is 2. The normalized spacial score (nSPS) is 14.6. The molecule has 2 N–H and O–H groups in total. The highest BCUT2D eigenvalue weighted by Gasteiger charge is 2.33. The van der Waals surface area contributed by atoms with Crippen molar-refractivity contribution in [2.45, 2.75) is 58.2 Å². The van der Waals surface area contributed by atoms with Gasteiger partial charge in [0, 0.05) is 18.2 Å². The Morgan fingerprint density at radius 2 is 1.69 bits per heavy atom. The number of aliphatic hydroxyl groups is 1. The number of hydrogen-bond donors (Lipinski definition) is 2. The summed E-state index contributed by atoms with van der Waals surface area (Å²) in [6, 6.07) is 14.5. The van der Waals surface area contributed by atoms with Gasteiger partial charge in [-0.25, -0.2) is 0 Å². The first kappa shape index (κ1) is 24.5. The molecule has 0 aliphatic heterocycles. The molecule has 2 aromatic carbocycles. The molecule has 0 radical (unpaired) electrons. The average molecular weight is 477 g/mol. The van der Waals surface area contributed by atoms with Gasteiger partial charge in [0.15, 0.2) is 0 Å². The Morgan fingerprint density at radius 1 is 1.06 bits per heavy atom. The summed E-state index contributed by atoms with van der Waals surface area (Å²) in [5.41, 5.74) is 3.67. The van der Waals surface area contributed by atoms with E-state index in [9.17, 15) is 14.7 Å². The third-order valence-electron chi connectivity index (χ3n) is 6.36. The van der Waals surface area contributed by atoms with Gasteiger partial charge in [-0.3, -0.25) is 9.59 Å². The molecule has 4 rings (SSSR count). The van der Waals surface area contributed by atoms with Crippen molar-refractivity contribution in [2.24, 2.45) is 0 Å². The summed E-state index contributed by atoms with van der Waals surface area (Å²) < 4.78 is 0. The molecule has 3 aromatic rings. The second-order valence-corrected chi connectivity index (χ2v) is 9.12. The van der Waals surface area contributed by atoms with Crippen molar-refractivity contribution >= 4 is 11.8 Å². The van der Waals surface area contributed by atoms with Crippen molar-refractivity contribution in [3.05, 3.63) is 65.2 Å². The molecule has 0 saturated heterocycles. The minimum absolute atomic E-state index is 0.00891. The van der Waals surface area contributed by atoms with E-state index in [0.29, 0.717) is 11.4 Å². The third-order valence-corrected chi connectivity index (χ3v) is 6.36. The summed E-state index contributed by atoms with van der Waals surface area (Å²) in [6.45, 7) is 3.50. The average Bonchev–Trinajstić information content (AvgIpc) is 3.53. The fourth-order valence-electron chi connectivity index (χ4n) is 4.42. The van der Waals surface area contributed by atoms with Gasteiger partial charge in [0.25, 0.3) is 0 Å². The Morgan fingerprint density at radius 3 is 2.31 bits per heavy atom. The van der Waals surface area contributed by atoms with Gasteiger partial charge >= 0.3 is 0 Å². The van der Waals surface area contributed by atoms with Crippen LogP contribution in [0.2, 0.25) is 0 Å². The van der Waals surface area contributed by atoms with E-state index < -0.39 is 6.04 Å². The lowest BCUT2D eigenvalue weighted by atomic mass is 10.0. The minimum atomic E-state index is -0.865. The van der Waals surface area contributed by atoms with E-state index in [1.54, 1.807) is 0 Å². The summed E-state index contributed by atoms with van der Waals surface area (Å²) >= 11 is 0. The summed E-state index contributed by atoms with van der Waals surface area (Å²) in [5, 5.41) is 25.3. The Bertz CT molecular complexity index is 1140. The van der Waals surface area contributed by atoms with Gasteiger partial charge in [-0.1, -0.05) is 72.5 Å². The zero-order valence-corrected chi connectivity index (χ0v) is 20.2. The number of carbonyl (C=O) groups excluding carboxylic acids is 2. The van der Waals surface area contributed by atoms with Crippen LogP contribution in [0.3, 0.4) is 0 Å². The van der Waals surface area contributed by atoms with Crippen LogP contribution in [0.25, 0.3) is 11.4 Å². The number of rotatable bonds is 9. The highest BCUT2D eigenvalue weighted by atomic mass is 16.3. The lowest BCUT2D eigenvalue weighted by molar-refractivity contribution is -0.142. The van der Waals surface area contributed by atoms with Crippen LogP contribution in [0.15, 0.2) is 48.5 Å². The predicted octanol–water partition coefficient (Wildman–Crippen LogP) is 2.58. The fourth-order valence-corrected chi connectivity index (χ4v) is 4.42. The van der Waals surface area contributed by atoms with Gasteiger partial charge in [0.2, 0.25) is 17.6 Å². The maximum atomic E-state index is 13.4. The highest BCUT2D eigenvalue weighted by molar-refractivity contribution is 5.89. The first-order valence-electron chi connectivity index (χ1n) is 12.1. The second kappa shape index (κ2) is 11.2. The minimum Gasteiger partial charge on any atom is -0.395 e. The van der Waals surface area contributed by atoms with Crippen molar-refractivity contribution in [2.75, 3.05) is 13.2 Å². The Balaban J connectivity index is 1.57. The van der Waals surface area contributed by atoms with Crippen LogP contribution >= 0.6 is 0 Å². The number of nitrogens with zero attached hydrogens (tertiary/aromatic N) is 5. The van der Waals surface area contributed by atoms with Crippen molar-refractivity contribution < 1.29 is 14.7 Å². The molecule has 184 valence electrons. The highest BCUT2D eigenvalue weighted by Crippen LogP contribution is 2.25. The van der Waals surface area contributed by atoms with Crippen LogP contribution < -0.4 is 5.32 Å². The van der Waals surface area contributed by atoms with Gasteiger partial charge in [-0.15, -0.1) is 10.2 Å². The Hall–Kier alpha value is -3.59. The number of aryl methyl sites for hydroxylation is 2. The van der Waals surface area contributed by atoms with E-state index in [0.717, 1.165) is 42.4 Å². The number of nitrogens with one attached hydrogen (secondary N) is 1. The van der Waals surface area contributed by atoms with Crippen LogP contribution in [-0.2, 0) is 16.1 Å². The van der Waals surface area contributed by atoms with E-state index in [4.69, 9.17) is 0 Å². The quantitative estimate of drug-likeness (QED) is 0.491. The van der Waals surface area contributed by atoms with Crippen LogP contribution in [0.5, 0.6) is 0 Å². The Labute approximate surface area is 205 Å². The molecule has 1 unspecified atom stereocenters. The van der Waals surface area contributed by atoms with Crippen LogP contribution in [0.1, 0.15) is 48.4 Å². The lowest BCUT2D eigenvalue weighted by Gasteiger charge is -2.31. The van der Waals surface area contributed by atoms with E-state index in [1.165, 1.54) is 9.70 Å². The van der Waals surface area contributed by atoms with E-state index in [-0.39, 0.29) is 37.6 Å². The first-order chi connectivity index (χ1) is 16.9. The van der Waals surface area contributed by atoms with Gasteiger partial charge in [0.1, 0.15) is 12.6 Å². The zero-order valence-electron chi connectivity index (χ0n) is 20.2. The number of tetrazole rings is 1. The Kier molecular flexibility index (Phi) is 7.87.